The smallest absolute Gasteiger partial charge is 0.261 e. The first kappa shape index (κ1) is 16.0. The lowest BCUT2D eigenvalue weighted by Crippen LogP contribution is -2.36. The number of hydrogen-bond acceptors (Lipinski definition) is 3. The lowest BCUT2D eigenvalue weighted by molar-refractivity contribution is -0.133. The number of fused-ring (bicyclic) bond motifs is 2. The first-order chi connectivity index (χ1) is 12.0. The average Bonchev–Trinajstić information content (AvgIpc) is 2.85. The van der Waals surface area contributed by atoms with Gasteiger partial charge >= 0.3 is 0 Å². The Morgan fingerprint density at radius 3 is 2.68 bits per heavy atom. The van der Waals surface area contributed by atoms with E-state index in [9.17, 15) is 14.7 Å². The Hall–Kier alpha value is -2.46. The molecule has 0 saturated heterocycles. The highest BCUT2D eigenvalue weighted by molar-refractivity contribution is 6.09. The van der Waals surface area contributed by atoms with Crippen molar-refractivity contribution in [1.82, 2.24) is 0 Å². The second kappa shape index (κ2) is 5.81. The first-order valence-electron chi connectivity index (χ1n) is 8.77. The van der Waals surface area contributed by atoms with Gasteiger partial charge in [-0.05, 0) is 55.9 Å². The number of hydrogen-bond donors (Lipinski definition) is 2. The summed E-state index contributed by atoms with van der Waals surface area (Å²) in [6.07, 6.45) is 4.14. The summed E-state index contributed by atoms with van der Waals surface area (Å²) in [4.78, 5) is 25.1. The van der Waals surface area contributed by atoms with E-state index in [2.05, 4.69) is 5.32 Å². The second-order valence-corrected chi connectivity index (χ2v) is 7.15. The molecule has 4 nitrogen and oxygen atoms in total. The molecular formula is C21H21NO3. The van der Waals surface area contributed by atoms with Crippen LogP contribution in [0.1, 0.15) is 51.9 Å². The van der Waals surface area contributed by atoms with Crippen molar-refractivity contribution in [2.24, 2.45) is 0 Å². The zero-order chi connectivity index (χ0) is 17.6. The van der Waals surface area contributed by atoms with Gasteiger partial charge in [-0.3, -0.25) is 9.59 Å². The van der Waals surface area contributed by atoms with Crippen LogP contribution >= 0.6 is 0 Å². The number of amides is 1. The normalized spacial score (nSPS) is 21.4. The molecule has 1 aliphatic heterocycles. The molecule has 2 aromatic rings. The van der Waals surface area contributed by atoms with Gasteiger partial charge in [0.1, 0.15) is 0 Å². The molecule has 0 spiro atoms. The maximum Gasteiger partial charge on any atom is 0.261 e. The minimum Gasteiger partial charge on any atom is -0.375 e. The molecule has 0 unspecified atom stereocenters. The van der Waals surface area contributed by atoms with Gasteiger partial charge in [-0.25, -0.2) is 0 Å². The molecule has 0 fully saturated rings. The maximum absolute atomic E-state index is 12.8. The van der Waals surface area contributed by atoms with Crippen LogP contribution < -0.4 is 5.32 Å². The molecule has 2 aromatic carbocycles. The molecule has 0 radical (unpaired) electrons. The van der Waals surface area contributed by atoms with Crippen LogP contribution in [0.3, 0.4) is 0 Å². The van der Waals surface area contributed by atoms with Crippen molar-refractivity contribution >= 4 is 17.4 Å². The standard InChI is InChI=1S/C21H21NO3/c1-13-6-9-18-17(10-13)21(25,20(24)22-18)12-19(23)16-8-7-14-4-2-3-5-15(14)11-16/h6-11,25H,2-5,12H2,1H3,(H,22,24)/t21-/m0/s1. The zero-order valence-electron chi connectivity index (χ0n) is 14.3. The fourth-order valence-corrected chi connectivity index (χ4v) is 3.87. The van der Waals surface area contributed by atoms with E-state index in [0.29, 0.717) is 16.8 Å². The molecule has 0 bridgehead atoms. The van der Waals surface area contributed by atoms with Crippen LogP contribution in [0.5, 0.6) is 0 Å². The van der Waals surface area contributed by atoms with Crippen LogP contribution in [-0.4, -0.2) is 16.8 Å². The van der Waals surface area contributed by atoms with Crippen LogP contribution in [0.15, 0.2) is 36.4 Å². The fourth-order valence-electron chi connectivity index (χ4n) is 3.87. The lowest BCUT2D eigenvalue weighted by atomic mass is 9.85. The summed E-state index contributed by atoms with van der Waals surface area (Å²) in [5.74, 6) is -0.736. The van der Waals surface area contributed by atoms with Crippen molar-refractivity contribution in [3.8, 4) is 0 Å². The van der Waals surface area contributed by atoms with E-state index in [1.807, 2.05) is 31.2 Å². The molecule has 4 rings (SSSR count). The van der Waals surface area contributed by atoms with E-state index in [0.717, 1.165) is 24.8 Å². The second-order valence-electron chi connectivity index (χ2n) is 7.15. The summed E-state index contributed by atoms with van der Waals surface area (Å²) < 4.78 is 0. The third-order valence-electron chi connectivity index (χ3n) is 5.33. The van der Waals surface area contributed by atoms with Crippen LogP contribution in [0, 0.1) is 6.92 Å². The summed E-state index contributed by atoms with van der Waals surface area (Å²) in [5, 5.41) is 13.7. The van der Waals surface area contributed by atoms with Gasteiger partial charge in [-0.2, -0.15) is 0 Å². The number of benzene rings is 2. The number of aliphatic hydroxyl groups is 1. The molecule has 1 heterocycles. The molecule has 1 amide bonds. The highest BCUT2D eigenvalue weighted by atomic mass is 16.3. The number of anilines is 1. The predicted octanol–water partition coefficient (Wildman–Crippen LogP) is 3.29. The fraction of sp³-hybridized carbons (Fsp3) is 0.333. The Kier molecular flexibility index (Phi) is 3.73. The lowest BCUT2D eigenvalue weighted by Gasteiger charge is -2.21. The molecule has 2 aliphatic rings. The van der Waals surface area contributed by atoms with E-state index >= 15 is 0 Å². The summed E-state index contributed by atoms with van der Waals surface area (Å²) >= 11 is 0. The summed E-state index contributed by atoms with van der Waals surface area (Å²) in [6.45, 7) is 1.90. The number of ketones is 1. The largest absolute Gasteiger partial charge is 0.375 e. The Morgan fingerprint density at radius 1 is 1.12 bits per heavy atom. The highest BCUT2D eigenvalue weighted by Crippen LogP contribution is 2.39. The third kappa shape index (κ3) is 2.67. The van der Waals surface area contributed by atoms with Gasteiger partial charge in [0.15, 0.2) is 11.4 Å². The van der Waals surface area contributed by atoms with Crippen molar-refractivity contribution in [3.63, 3.8) is 0 Å². The summed E-state index contributed by atoms with van der Waals surface area (Å²) in [7, 11) is 0. The van der Waals surface area contributed by atoms with Gasteiger partial charge in [0, 0.05) is 16.8 Å². The molecule has 2 N–H and O–H groups in total. The zero-order valence-corrected chi connectivity index (χ0v) is 14.3. The van der Waals surface area contributed by atoms with E-state index < -0.39 is 11.5 Å². The average molecular weight is 335 g/mol. The molecule has 4 heteroatoms. The van der Waals surface area contributed by atoms with Crippen LogP contribution in [0.4, 0.5) is 5.69 Å². The van der Waals surface area contributed by atoms with Crippen molar-refractivity contribution in [2.45, 2.75) is 44.6 Å². The Labute approximate surface area is 146 Å². The number of Topliss-reactive ketones (excluding diaryl/α,β-unsaturated/α-hetero) is 1. The number of nitrogens with one attached hydrogen (secondary N) is 1. The van der Waals surface area contributed by atoms with E-state index in [1.165, 1.54) is 17.5 Å². The number of aryl methyl sites for hydroxylation is 3. The summed E-state index contributed by atoms with van der Waals surface area (Å²) in [5.41, 5.74) is 3.31. The van der Waals surface area contributed by atoms with Crippen LogP contribution in [0.25, 0.3) is 0 Å². The van der Waals surface area contributed by atoms with Gasteiger partial charge in [0.2, 0.25) is 0 Å². The van der Waals surface area contributed by atoms with E-state index in [-0.39, 0.29) is 12.2 Å². The molecule has 0 aromatic heterocycles. The molecule has 1 atom stereocenters. The number of rotatable bonds is 3. The monoisotopic (exact) mass is 335 g/mol. The molecule has 25 heavy (non-hydrogen) atoms. The van der Waals surface area contributed by atoms with E-state index in [4.69, 9.17) is 0 Å². The SMILES string of the molecule is Cc1ccc2c(c1)[C@@](O)(CC(=O)c1ccc3c(c1)CCCC3)C(=O)N2. The Balaban J connectivity index is 1.65. The molecule has 128 valence electrons. The molecular weight excluding hydrogens is 314 g/mol. The topological polar surface area (TPSA) is 66.4 Å². The minimum atomic E-state index is -1.80. The molecule has 0 saturated carbocycles. The van der Waals surface area contributed by atoms with Gasteiger partial charge in [0.25, 0.3) is 5.91 Å². The maximum atomic E-state index is 12.8. The third-order valence-corrected chi connectivity index (χ3v) is 5.33. The van der Waals surface area contributed by atoms with Crippen LogP contribution in [-0.2, 0) is 23.2 Å². The van der Waals surface area contributed by atoms with Gasteiger partial charge < -0.3 is 10.4 Å². The van der Waals surface area contributed by atoms with Gasteiger partial charge in [-0.1, -0.05) is 29.8 Å². The van der Waals surface area contributed by atoms with Crippen molar-refractivity contribution in [1.29, 1.82) is 0 Å². The highest BCUT2D eigenvalue weighted by Gasteiger charge is 2.46. The Morgan fingerprint density at radius 2 is 1.88 bits per heavy atom. The van der Waals surface area contributed by atoms with Crippen LogP contribution in [0.2, 0.25) is 0 Å². The van der Waals surface area contributed by atoms with Crippen molar-refractivity contribution in [3.05, 3.63) is 64.2 Å². The van der Waals surface area contributed by atoms with Gasteiger partial charge in [0.05, 0.1) is 6.42 Å². The Bertz CT molecular complexity index is 887. The van der Waals surface area contributed by atoms with Crippen molar-refractivity contribution < 1.29 is 14.7 Å². The van der Waals surface area contributed by atoms with Gasteiger partial charge in [-0.15, -0.1) is 0 Å². The predicted molar refractivity (Wildman–Crippen MR) is 95.7 cm³/mol. The number of carbonyl (C=O) groups is 2. The summed E-state index contributed by atoms with van der Waals surface area (Å²) in [6, 6.07) is 11.2. The quantitative estimate of drug-likeness (QED) is 0.846. The molecule has 1 aliphatic carbocycles. The van der Waals surface area contributed by atoms with E-state index in [1.54, 1.807) is 12.1 Å². The van der Waals surface area contributed by atoms with Crippen molar-refractivity contribution in [2.75, 3.05) is 5.32 Å². The first-order valence-corrected chi connectivity index (χ1v) is 8.77. The number of carbonyl (C=O) groups excluding carboxylic acids is 2. The minimum absolute atomic E-state index is 0.208.